The van der Waals surface area contributed by atoms with Crippen LogP contribution in [0.25, 0.3) is 22.4 Å². The average molecular weight is 312 g/mol. The molecule has 0 spiro atoms. The fourth-order valence-electron chi connectivity index (χ4n) is 2.93. The van der Waals surface area contributed by atoms with Crippen LogP contribution in [0.3, 0.4) is 0 Å². The Hall–Kier alpha value is -2.33. The minimum atomic E-state index is -0.0340. The van der Waals surface area contributed by atoms with Gasteiger partial charge in [0, 0.05) is 24.5 Å². The summed E-state index contributed by atoms with van der Waals surface area (Å²) >= 11 is 5.85. The summed E-state index contributed by atoms with van der Waals surface area (Å²) in [5, 5.41) is 2.93. The molecule has 1 aliphatic heterocycles. The molecule has 1 N–H and O–H groups in total. The number of rotatable bonds is 2. The molecule has 1 amide bonds. The number of alkyl halides is 1. The van der Waals surface area contributed by atoms with E-state index in [1.54, 1.807) is 0 Å². The van der Waals surface area contributed by atoms with Crippen molar-refractivity contribution in [1.82, 2.24) is 14.9 Å². The maximum Gasteiger partial charge on any atom is 0.253 e. The Morgan fingerprint density at radius 1 is 1.18 bits per heavy atom. The van der Waals surface area contributed by atoms with E-state index in [1.807, 2.05) is 42.5 Å². The van der Waals surface area contributed by atoms with Gasteiger partial charge in [0.1, 0.15) is 5.82 Å². The molecule has 5 heteroatoms. The minimum Gasteiger partial charge on any atom is -0.350 e. The van der Waals surface area contributed by atoms with Gasteiger partial charge in [-0.15, -0.1) is 11.6 Å². The number of nitrogens with zero attached hydrogens (tertiary/aromatic N) is 2. The van der Waals surface area contributed by atoms with E-state index in [2.05, 4.69) is 9.88 Å². The van der Waals surface area contributed by atoms with E-state index < -0.39 is 0 Å². The van der Waals surface area contributed by atoms with Gasteiger partial charge >= 0.3 is 0 Å². The predicted molar refractivity (Wildman–Crippen MR) is 87.1 cm³/mol. The number of para-hydroxylation sites is 1. The van der Waals surface area contributed by atoms with Gasteiger partial charge in [0.05, 0.1) is 16.6 Å². The van der Waals surface area contributed by atoms with Crippen LogP contribution >= 0.6 is 11.6 Å². The number of hydrogen-bond acceptors (Lipinski definition) is 2. The number of nitrogens with one attached hydrogen (secondary N) is 1. The zero-order chi connectivity index (χ0) is 15.1. The molecule has 0 aliphatic carbocycles. The molecule has 0 atom stereocenters. The first-order valence-corrected chi connectivity index (χ1v) is 7.74. The number of amides is 1. The molecular formula is C17H14ClN3O. The summed E-state index contributed by atoms with van der Waals surface area (Å²) in [6.07, 6.45) is 0. The Bertz CT molecular complexity index is 867. The average Bonchev–Trinajstić information content (AvgIpc) is 2.84. The van der Waals surface area contributed by atoms with Crippen molar-refractivity contribution >= 4 is 28.5 Å². The van der Waals surface area contributed by atoms with E-state index in [4.69, 9.17) is 16.6 Å². The maximum absolute atomic E-state index is 12.2. The van der Waals surface area contributed by atoms with E-state index in [1.165, 1.54) is 0 Å². The highest BCUT2D eigenvalue weighted by Gasteiger charge is 2.21. The van der Waals surface area contributed by atoms with Crippen molar-refractivity contribution in [2.75, 3.05) is 6.54 Å². The summed E-state index contributed by atoms with van der Waals surface area (Å²) < 4.78 is 2.12. The second-order valence-corrected chi connectivity index (χ2v) is 5.61. The van der Waals surface area contributed by atoms with Crippen molar-refractivity contribution < 1.29 is 4.79 Å². The van der Waals surface area contributed by atoms with E-state index in [0.29, 0.717) is 24.5 Å². The minimum absolute atomic E-state index is 0.0340. The quantitative estimate of drug-likeness (QED) is 0.739. The first-order valence-electron chi connectivity index (χ1n) is 7.20. The molecule has 110 valence electrons. The monoisotopic (exact) mass is 311 g/mol. The van der Waals surface area contributed by atoms with Gasteiger partial charge in [-0.2, -0.15) is 0 Å². The number of halogens is 1. The molecule has 0 saturated heterocycles. The highest BCUT2D eigenvalue weighted by Crippen LogP contribution is 2.28. The summed E-state index contributed by atoms with van der Waals surface area (Å²) in [5.41, 5.74) is 4.56. The summed E-state index contributed by atoms with van der Waals surface area (Å²) in [6, 6.07) is 13.8. The van der Waals surface area contributed by atoms with Gasteiger partial charge in [-0.25, -0.2) is 4.98 Å². The highest BCUT2D eigenvalue weighted by atomic mass is 35.5. The van der Waals surface area contributed by atoms with Gasteiger partial charge < -0.3 is 9.88 Å². The van der Waals surface area contributed by atoms with Crippen molar-refractivity contribution in [3.05, 3.63) is 53.6 Å². The number of benzene rings is 2. The molecule has 4 rings (SSSR count). The van der Waals surface area contributed by atoms with Crippen LogP contribution in [-0.2, 0) is 12.4 Å². The number of carbonyl (C=O) groups excluding carboxylic acids is 1. The first-order chi connectivity index (χ1) is 10.8. The van der Waals surface area contributed by atoms with Crippen molar-refractivity contribution in [2.24, 2.45) is 0 Å². The largest absolute Gasteiger partial charge is 0.350 e. The smallest absolute Gasteiger partial charge is 0.253 e. The predicted octanol–water partition coefficient (Wildman–Crippen LogP) is 3.19. The molecule has 0 bridgehead atoms. The van der Waals surface area contributed by atoms with Crippen molar-refractivity contribution in [3.63, 3.8) is 0 Å². The fraction of sp³-hybridized carbons (Fsp3) is 0.176. The molecule has 0 radical (unpaired) electrons. The standard InChI is InChI=1S/C17H14ClN3O/c18-10-11-4-6-12(7-5-11)16-20-14-3-1-2-13-15(14)21(16)9-8-19-17(13)22/h1-7H,8-10H2,(H,19,22). The fourth-order valence-corrected chi connectivity index (χ4v) is 3.10. The Labute approximate surface area is 132 Å². The molecule has 0 saturated carbocycles. The number of aromatic nitrogens is 2. The molecule has 2 aromatic carbocycles. The van der Waals surface area contributed by atoms with Crippen LogP contribution < -0.4 is 5.32 Å². The zero-order valence-corrected chi connectivity index (χ0v) is 12.6. The van der Waals surface area contributed by atoms with Crippen LogP contribution in [0.5, 0.6) is 0 Å². The summed E-state index contributed by atoms with van der Waals surface area (Å²) in [4.78, 5) is 16.9. The van der Waals surface area contributed by atoms with Gasteiger partial charge in [0.2, 0.25) is 0 Å². The Morgan fingerprint density at radius 2 is 2.00 bits per heavy atom. The van der Waals surface area contributed by atoms with E-state index in [9.17, 15) is 4.79 Å². The van der Waals surface area contributed by atoms with Crippen LogP contribution in [0.2, 0.25) is 0 Å². The highest BCUT2D eigenvalue weighted by molar-refractivity contribution is 6.17. The van der Waals surface area contributed by atoms with Gasteiger partial charge in [-0.05, 0) is 17.7 Å². The van der Waals surface area contributed by atoms with Gasteiger partial charge in [-0.3, -0.25) is 4.79 Å². The lowest BCUT2D eigenvalue weighted by Gasteiger charge is -2.07. The number of carbonyl (C=O) groups is 1. The lowest BCUT2D eigenvalue weighted by atomic mass is 10.1. The Balaban J connectivity index is 1.96. The molecule has 1 aromatic heterocycles. The molecule has 2 heterocycles. The SMILES string of the molecule is O=C1NCCn2c(-c3ccc(CCl)cc3)nc3cccc1c32. The van der Waals surface area contributed by atoms with Crippen LogP contribution in [0.15, 0.2) is 42.5 Å². The van der Waals surface area contributed by atoms with Gasteiger partial charge in [0.25, 0.3) is 5.91 Å². The molecule has 0 unspecified atom stereocenters. The zero-order valence-electron chi connectivity index (χ0n) is 11.8. The van der Waals surface area contributed by atoms with Crippen LogP contribution in [0, 0.1) is 0 Å². The molecule has 1 aliphatic rings. The number of hydrogen-bond donors (Lipinski definition) is 1. The normalized spacial score (nSPS) is 14.0. The number of imidazole rings is 1. The van der Waals surface area contributed by atoms with Crippen LogP contribution in [0.1, 0.15) is 15.9 Å². The molecule has 3 aromatic rings. The third kappa shape index (κ3) is 1.99. The first kappa shape index (κ1) is 13.3. The third-order valence-electron chi connectivity index (χ3n) is 4.00. The molecule has 4 nitrogen and oxygen atoms in total. The molecular weight excluding hydrogens is 298 g/mol. The maximum atomic E-state index is 12.2. The Morgan fingerprint density at radius 3 is 2.77 bits per heavy atom. The van der Waals surface area contributed by atoms with Crippen molar-refractivity contribution in [2.45, 2.75) is 12.4 Å². The van der Waals surface area contributed by atoms with Crippen LogP contribution in [0.4, 0.5) is 0 Å². The Kier molecular flexibility index (Phi) is 3.12. The second kappa shape index (κ2) is 5.14. The summed E-state index contributed by atoms with van der Waals surface area (Å²) in [5.74, 6) is 1.35. The van der Waals surface area contributed by atoms with Crippen molar-refractivity contribution in [1.29, 1.82) is 0 Å². The van der Waals surface area contributed by atoms with E-state index >= 15 is 0 Å². The van der Waals surface area contributed by atoms with Gasteiger partial charge in [-0.1, -0.05) is 30.3 Å². The lowest BCUT2D eigenvalue weighted by molar-refractivity contribution is 0.0956. The third-order valence-corrected chi connectivity index (χ3v) is 4.31. The molecule has 22 heavy (non-hydrogen) atoms. The van der Waals surface area contributed by atoms with Crippen LogP contribution in [-0.4, -0.2) is 22.0 Å². The lowest BCUT2D eigenvalue weighted by Crippen LogP contribution is -2.24. The molecule has 0 fully saturated rings. The summed E-state index contributed by atoms with van der Waals surface area (Å²) in [6.45, 7) is 1.32. The second-order valence-electron chi connectivity index (χ2n) is 5.35. The van der Waals surface area contributed by atoms with Crippen molar-refractivity contribution in [3.8, 4) is 11.4 Å². The van der Waals surface area contributed by atoms with E-state index in [0.717, 1.165) is 28.0 Å². The summed E-state index contributed by atoms with van der Waals surface area (Å²) in [7, 11) is 0. The topological polar surface area (TPSA) is 46.9 Å². The van der Waals surface area contributed by atoms with E-state index in [-0.39, 0.29) is 5.91 Å². The van der Waals surface area contributed by atoms with Gasteiger partial charge in [0.15, 0.2) is 0 Å².